The van der Waals surface area contributed by atoms with Crippen LogP contribution in [0.5, 0.6) is 0 Å². The maximum absolute atomic E-state index is 12.0. The van der Waals surface area contributed by atoms with E-state index in [0.717, 1.165) is 57.8 Å². The Hall–Kier alpha value is -2.36. The summed E-state index contributed by atoms with van der Waals surface area (Å²) in [5.74, 6) is -0.334. The molecule has 0 radical (unpaired) electrons. The van der Waals surface area contributed by atoms with E-state index >= 15 is 0 Å². The standard InChI is InChI=1S/C19H26N4O2/c20-15-18(16-21-8-4-10-23-11-13-25-14-12-23)19(24)22-9-7-17-5-2-1-3-6-17/h1-3,5-6,16,21H,4,7-14H2,(H,22,24)/b18-16-. The molecule has 1 fully saturated rings. The van der Waals surface area contributed by atoms with Crippen molar-refractivity contribution < 1.29 is 9.53 Å². The molecule has 2 rings (SSSR count). The van der Waals surface area contributed by atoms with Crippen LogP contribution in [0.3, 0.4) is 0 Å². The van der Waals surface area contributed by atoms with Crippen LogP contribution in [-0.2, 0) is 16.0 Å². The minimum absolute atomic E-state index is 0.111. The molecular weight excluding hydrogens is 316 g/mol. The van der Waals surface area contributed by atoms with Gasteiger partial charge in [0.2, 0.25) is 0 Å². The van der Waals surface area contributed by atoms with Crippen LogP contribution in [0.25, 0.3) is 0 Å². The molecule has 1 saturated heterocycles. The van der Waals surface area contributed by atoms with Gasteiger partial charge in [0.1, 0.15) is 11.6 Å². The Kier molecular flexibility index (Phi) is 8.53. The van der Waals surface area contributed by atoms with Gasteiger partial charge in [-0.15, -0.1) is 0 Å². The molecule has 1 aliphatic heterocycles. The molecule has 134 valence electrons. The fourth-order valence-electron chi connectivity index (χ4n) is 2.61. The zero-order valence-electron chi connectivity index (χ0n) is 14.5. The number of morpholine rings is 1. The molecule has 1 aromatic carbocycles. The zero-order chi connectivity index (χ0) is 17.7. The molecule has 1 amide bonds. The number of hydrogen-bond acceptors (Lipinski definition) is 5. The van der Waals surface area contributed by atoms with Crippen LogP contribution in [0.2, 0.25) is 0 Å². The molecule has 1 heterocycles. The van der Waals surface area contributed by atoms with Gasteiger partial charge in [-0.25, -0.2) is 0 Å². The molecule has 0 aliphatic carbocycles. The molecule has 6 nitrogen and oxygen atoms in total. The molecule has 25 heavy (non-hydrogen) atoms. The number of carbonyl (C=O) groups excluding carboxylic acids is 1. The van der Waals surface area contributed by atoms with E-state index in [2.05, 4.69) is 15.5 Å². The van der Waals surface area contributed by atoms with Gasteiger partial charge in [-0.05, 0) is 24.9 Å². The van der Waals surface area contributed by atoms with Gasteiger partial charge < -0.3 is 15.4 Å². The minimum Gasteiger partial charge on any atom is -0.390 e. The molecule has 2 N–H and O–H groups in total. The van der Waals surface area contributed by atoms with Crippen molar-refractivity contribution in [2.24, 2.45) is 0 Å². The van der Waals surface area contributed by atoms with Crippen molar-refractivity contribution in [1.29, 1.82) is 5.26 Å². The van der Waals surface area contributed by atoms with Crippen molar-refractivity contribution >= 4 is 5.91 Å². The number of nitrogens with one attached hydrogen (secondary N) is 2. The predicted molar refractivity (Wildman–Crippen MR) is 96.7 cm³/mol. The van der Waals surface area contributed by atoms with E-state index in [-0.39, 0.29) is 11.5 Å². The molecule has 0 bridgehead atoms. The second-order valence-electron chi connectivity index (χ2n) is 5.92. The fourth-order valence-corrected chi connectivity index (χ4v) is 2.61. The third kappa shape index (κ3) is 7.38. The first kappa shape index (κ1) is 19.0. The molecule has 0 saturated carbocycles. The highest BCUT2D eigenvalue weighted by Gasteiger charge is 2.10. The predicted octanol–water partition coefficient (Wildman–Crippen LogP) is 1.06. The summed E-state index contributed by atoms with van der Waals surface area (Å²) in [6.07, 6.45) is 3.22. The van der Waals surface area contributed by atoms with Crippen LogP contribution in [0.4, 0.5) is 0 Å². The van der Waals surface area contributed by atoms with Crippen LogP contribution < -0.4 is 10.6 Å². The Bertz CT molecular complexity index is 589. The molecule has 0 atom stereocenters. The monoisotopic (exact) mass is 342 g/mol. The number of ether oxygens (including phenoxy) is 1. The summed E-state index contributed by atoms with van der Waals surface area (Å²) in [6, 6.07) is 11.9. The van der Waals surface area contributed by atoms with E-state index < -0.39 is 0 Å². The first-order valence-corrected chi connectivity index (χ1v) is 8.75. The molecular formula is C19H26N4O2. The van der Waals surface area contributed by atoms with Crippen LogP contribution in [0, 0.1) is 11.3 Å². The molecule has 0 aromatic heterocycles. The number of carbonyl (C=O) groups is 1. The first-order valence-electron chi connectivity index (χ1n) is 8.75. The number of amides is 1. The largest absolute Gasteiger partial charge is 0.390 e. The summed E-state index contributed by atoms with van der Waals surface area (Å²) in [6.45, 7) is 5.80. The highest BCUT2D eigenvalue weighted by atomic mass is 16.5. The van der Waals surface area contributed by atoms with E-state index in [0.29, 0.717) is 6.54 Å². The maximum atomic E-state index is 12.0. The lowest BCUT2D eigenvalue weighted by atomic mass is 10.1. The summed E-state index contributed by atoms with van der Waals surface area (Å²) in [7, 11) is 0. The summed E-state index contributed by atoms with van der Waals surface area (Å²) >= 11 is 0. The van der Waals surface area contributed by atoms with E-state index in [4.69, 9.17) is 10.00 Å². The third-order valence-electron chi connectivity index (χ3n) is 4.05. The normalized spacial score (nSPS) is 15.4. The Morgan fingerprint density at radius 1 is 1.24 bits per heavy atom. The lowest BCUT2D eigenvalue weighted by Crippen LogP contribution is -2.37. The van der Waals surface area contributed by atoms with Gasteiger partial charge in [-0.1, -0.05) is 30.3 Å². The summed E-state index contributed by atoms with van der Waals surface area (Å²) < 4.78 is 5.31. The smallest absolute Gasteiger partial charge is 0.263 e. The summed E-state index contributed by atoms with van der Waals surface area (Å²) in [5.41, 5.74) is 1.27. The number of hydrogen-bond donors (Lipinski definition) is 2. The third-order valence-corrected chi connectivity index (χ3v) is 4.05. The molecule has 0 spiro atoms. The van der Waals surface area contributed by atoms with Crippen LogP contribution in [0.1, 0.15) is 12.0 Å². The molecule has 6 heteroatoms. The fraction of sp³-hybridized carbons (Fsp3) is 0.474. The number of rotatable bonds is 9. The van der Waals surface area contributed by atoms with Crippen molar-refractivity contribution in [2.75, 3.05) is 45.9 Å². The second kappa shape index (κ2) is 11.2. The van der Waals surface area contributed by atoms with Crippen LogP contribution >= 0.6 is 0 Å². The Morgan fingerprint density at radius 2 is 2.00 bits per heavy atom. The van der Waals surface area contributed by atoms with Gasteiger partial charge in [0, 0.05) is 32.4 Å². The highest BCUT2D eigenvalue weighted by molar-refractivity contribution is 5.97. The lowest BCUT2D eigenvalue weighted by Gasteiger charge is -2.26. The van der Waals surface area contributed by atoms with Gasteiger partial charge in [-0.2, -0.15) is 5.26 Å². The van der Waals surface area contributed by atoms with Gasteiger partial charge in [-0.3, -0.25) is 9.69 Å². The average Bonchev–Trinajstić information content (AvgIpc) is 2.66. The van der Waals surface area contributed by atoms with Crippen molar-refractivity contribution in [3.05, 3.63) is 47.7 Å². The van der Waals surface area contributed by atoms with Gasteiger partial charge in [0.15, 0.2) is 0 Å². The Labute approximate surface area is 149 Å². The SMILES string of the molecule is N#C/C(=C/NCCCN1CCOCC1)C(=O)NCCc1ccccc1. The zero-order valence-corrected chi connectivity index (χ0v) is 14.5. The average molecular weight is 342 g/mol. The summed E-state index contributed by atoms with van der Waals surface area (Å²) in [4.78, 5) is 14.4. The maximum Gasteiger partial charge on any atom is 0.263 e. The van der Waals surface area contributed by atoms with Crippen LogP contribution in [-0.4, -0.2) is 56.7 Å². The number of benzene rings is 1. The van der Waals surface area contributed by atoms with Crippen LogP contribution in [0.15, 0.2) is 42.1 Å². The first-order chi connectivity index (χ1) is 12.3. The van der Waals surface area contributed by atoms with Gasteiger partial charge in [0.25, 0.3) is 5.91 Å². The minimum atomic E-state index is -0.334. The van der Waals surface area contributed by atoms with Gasteiger partial charge >= 0.3 is 0 Å². The topological polar surface area (TPSA) is 77.4 Å². The number of nitriles is 1. The quantitative estimate of drug-likeness (QED) is 0.399. The Balaban J connectivity index is 1.62. The van der Waals surface area contributed by atoms with Crippen molar-refractivity contribution in [3.8, 4) is 6.07 Å². The Morgan fingerprint density at radius 3 is 2.72 bits per heavy atom. The van der Waals surface area contributed by atoms with E-state index in [1.807, 2.05) is 36.4 Å². The van der Waals surface area contributed by atoms with Crippen molar-refractivity contribution in [1.82, 2.24) is 15.5 Å². The second-order valence-corrected chi connectivity index (χ2v) is 5.92. The summed E-state index contributed by atoms with van der Waals surface area (Å²) in [5, 5.41) is 15.0. The van der Waals surface area contributed by atoms with Gasteiger partial charge in [0.05, 0.1) is 13.2 Å². The highest BCUT2D eigenvalue weighted by Crippen LogP contribution is 1.99. The van der Waals surface area contributed by atoms with E-state index in [1.165, 1.54) is 6.20 Å². The van der Waals surface area contributed by atoms with E-state index in [9.17, 15) is 4.79 Å². The molecule has 1 aromatic rings. The van der Waals surface area contributed by atoms with Crippen molar-refractivity contribution in [3.63, 3.8) is 0 Å². The van der Waals surface area contributed by atoms with E-state index in [1.54, 1.807) is 0 Å². The lowest BCUT2D eigenvalue weighted by molar-refractivity contribution is -0.117. The van der Waals surface area contributed by atoms with Crippen molar-refractivity contribution in [2.45, 2.75) is 12.8 Å². The molecule has 0 unspecified atom stereocenters. The molecule has 1 aliphatic rings. The number of nitrogens with zero attached hydrogens (tertiary/aromatic N) is 2.